The largest absolute Gasteiger partial charge is 0.459 e. The van der Waals surface area contributed by atoms with Crippen LogP contribution in [-0.4, -0.2) is 59.6 Å². The second-order valence-corrected chi connectivity index (χ2v) is 7.82. The maximum Gasteiger partial charge on any atom is 0.320 e. The molecule has 2 rings (SSSR count). The Morgan fingerprint density at radius 1 is 1.24 bits per heavy atom. The number of piperidine rings is 1. The van der Waals surface area contributed by atoms with Crippen LogP contribution in [0, 0.1) is 0 Å². The van der Waals surface area contributed by atoms with Gasteiger partial charge in [0.2, 0.25) is 5.91 Å². The Kier molecular flexibility index (Phi) is 6.57. The predicted molar refractivity (Wildman–Crippen MR) is 91.8 cm³/mol. The van der Waals surface area contributed by atoms with Crippen LogP contribution < -0.4 is 5.32 Å². The topological polar surface area (TPSA) is 84.9 Å². The van der Waals surface area contributed by atoms with E-state index in [9.17, 15) is 14.4 Å². The molecular weight excluding hydrogens is 324 g/mol. The lowest BCUT2D eigenvalue weighted by Gasteiger charge is -2.45. The first-order valence-electron chi connectivity index (χ1n) is 9.14. The highest BCUT2D eigenvalue weighted by molar-refractivity contribution is 5.99. The highest BCUT2D eigenvalue weighted by atomic mass is 16.6. The van der Waals surface area contributed by atoms with Crippen molar-refractivity contribution in [3.05, 3.63) is 0 Å². The Hall–Kier alpha value is -1.47. The van der Waals surface area contributed by atoms with E-state index in [1.54, 1.807) is 0 Å². The molecule has 0 bridgehead atoms. The van der Waals surface area contributed by atoms with Gasteiger partial charge in [0.1, 0.15) is 11.7 Å². The molecular formula is C18H30N2O5. The lowest BCUT2D eigenvalue weighted by molar-refractivity contribution is -0.165. The van der Waals surface area contributed by atoms with E-state index < -0.39 is 11.7 Å². The number of nitrogens with one attached hydrogen (secondary N) is 1. The number of ether oxygens (including phenoxy) is 2. The van der Waals surface area contributed by atoms with Crippen molar-refractivity contribution in [2.75, 3.05) is 13.1 Å². The summed E-state index contributed by atoms with van der Waals surface area (Å²) in [5.74, 6) is -0.837. The molecule has 0 spiro atoms. The lowest BCUT2D eigenvalue weighted by atomic mass is 9.86. The fraction of sp³-hybridized carbons (Fsp3) is 0.833. The number of carbonyl (C=O) groups excluding carboxylic acids is 3. The van der Waals surface area contributed by atoms with Gasteiger partial charge in [-0.2, -0.15) is 0 Å². The molecule has 1 saturated carbocycles. The van der Waals surface area contributed by atoms with Crippen molar-refractivity contribution in [2.45, 2.75) is 83.6 Å². The summed E-state index contributed by atoms with van der Waals surface area (Å²) >= 11 is 0. The van der Waals surface area contributed by atoms with Gasteiger partial charge in [0.15, 0.2) is 0 Å². The second-order valence-electron chi connectivity index (χ2n) is 7.82. The van der Waals surface area contributed by atoms with Gasteiger partial charge in [-0.05, 0) is 53.0 Å². The number of hydrogen-bond donors (Lipinski definition) is 1. The highest BCUT2D eigenvalue weighted by Gasteiger charge is 2.40. The first kappa shape index (κ1) is 19.8. The van der Waals surface area contributed by atoms with Gasteiger partial charge >= 0.3 is 5.97 Å². The van der Waals surface area contributed by atoms with E-state index in [-0.39, 0.29) is 36.5 Å². The third kappa shape index (κ3) is 5.78. The van der Waals surface area contributed by atoms with Crippen LogP contribution in [0.25, 0.3) is 0 Å². The zero-order valence-corrected chi connectivity index (χ0v) is 15.7. The number of amides is 2. The molecule has 1 saturated heterocycles. The van der Waals surface area contributed by atoms with Crippen LogP contribution >= 0.6 is 0 Å². The minimum atomic E-state index is -0.574. The van der Waals surface area contributed by atoms with Crippen LogP contribution in [0.2, 0.25) is 0 Å². The van der Waals surface area contributed by atoms with Crippen LogP contribution in [0.1, 0.15) is 59.8 Å². The van der Waals surface area contributed by atoms with E-state index in [0.717, 1.165) is 25.8 Å². The van der Waals surface area contributed by atoms with Gasteiger partial charge in [-0.25, -0.2) is 0 Å². The summed E-state index contributed by atoms with van der Waals surface area (Å²) in [4.78, 5) is 37.4. The first-order valence-corrected chi connectivity index (χ1v) is 9.14. The van der Waals surface area contributed by atoms with Gasteiger partial charge in [-0.3, -0.25) is 24.6 Å². The van der Waals surface area contributed by atoms with Crippen LogP contribution in [0.3, 0.4) is 0 Å². The van der Waals surface area contributed by atoms with E-state index in [1.807, 2.05) is 20.8 Å². The third-order valence-electron chi connectivity index (χ3n) is 4.44. The number of esters is 1. The molecule has 2 unspecified atom stereocenters. The molecule has 2 amide bonds. The van der Waals surface area contributed by atoms with Crippen LogP contribution in [0.4, 0.5) is 0 Å². The molecule has 0 aromatic heterocycles. The molecule has 0 aromatic carbocycles. The first-order chi connectivity index (χ1) is 11.7. The molecule has 1 heterocycles. The molecule has 2 aliphatic rings. The minimum absolute atomic E-state index is 0.0852. The number of hydrogen-bond acceptors (Lipinski definition) is 6. The van der Waals surface area contributed by atoms with E-state index in [4.69, 9.17) is 9.47 Å². The molecule has 0 radical (unpaired) electrons. The van der Waals surface area contributed by atoms with Gasteiger partial charge in [0, 0.05) is 12.5 Å². The Morgan fingerprint density at radius 2 is 1.96 bits per heavy atom. The van der Waals surface area contributed by atoms with Gasteiger partial charge < -0.3 is 9.47 Å². The van der Waals surface area contributed by atoms with Gasteiger partial charge in [0.05, 0.1) is 12.6 Å². The highest BCUT2D eigenvalue weighted by Crippen LogP contribution is 2.31. The molecule has 1 N–H and O–H groups in total. The smallest absolute Gasteiger partial charge is 0.320 e. The average Bonchev–Trinajstić information content (AvgIpc) is 2.43. The molecule has 25 heavy (non-hydrogen) atoms. The van der Waals surface area contributed by atoms with E-state index in [2.05, 4.69) is 17.1 Å². The van der Waals surface area contributed by atoms with Gasteiger partial charge in [-0.1, -0.05) is 6.92 Å². The van der Waals surface area contributed by atoms with Gasteiger partial charge in [0.25, 0.3) is 5.91 Å². The van der Waals surface area contributed by atoms with Crippen LogP contribution in [0.15, 0.2) is 0 Å². The van der Waals surface area contributed by atoms with Crippen LogP contribution in [0.5, 0.6) is 0 Å². The number of carbonyl (C=O) groups is 3. The Morgan fingerprint density at radius 3 is 2.48 bits per heavy atom. The maximum atomic E-state index is 12.2. The van der Waals surface area contributed by atoms with Crippen molar-refractivity contribution in [1.82, 2.24) is 10.2 Å². The zero-order valence-electron chi connectivity index (χ0n) is 15.7. The molecule has 0 aromatic rings. The van der Waals surface area contributed by atoms with Crippen molar-refractivity contribution >= 4 is 17.8 Å². The summed E-state index contributed by atoms with van der Waals surface area (Å²) in [7, 11) is 0. The van der Waals surface area contributed by atoms with Crippen molar-refractivity contribution in [3.63, 3.8) is 0 Å². The fourth-order valence-electron chi connectivity index (χ4n) is 3.23. The average molecular weight is 354 g/mol. The van der Waals surface area contributed by atoms with E-state index >= 15 is 0 Å². The second kappa shape index (κ2) is 8.27. The monoisotopic (exact) mass is 354 g/mol. The summed E-state index contributed by atoms with van der Waals surface area (Å²) in [5, 5.41) is 2.32. The molecule has 2 fully saturated rings. The number of imide groups is 1. The molecule has 142 valence electrons. The quantitative estimate of drug-likeness (QED) is 0.549. The van der Waals surface area contributed by atoms with Crippen molar-refractivity contribution < 1.29 is 23.9 Å². The number of nitrogens with zero attached hydrogens (tertiary/aromatic N) is 1. The molecule has 7 nitrogen and oxygen atoms in total. The van der Waals surface area contributed by atoms with Crippen LogP contribution in [-0.2, 0) is 23.9 Å². The molecule has 7 heteroatoms. The Labute approximate surface area is 149 Å². The Bertz CT molecular complexity index is 514. The number of rotatable bonds is 7. The SMILES string of the molecule is CCCN(CC(=O)OC(C)(C)C)C1CC[C@H]1OC1CCC(=O)NC1=O. The third-order valence-corrected chi connectivity index (χ3v) is 4.44. The zero-order chi connectivity index (χ0) is 18.6. The minimum Gasteiger partial charge on any atom is -0.459 e. The summed E-state index contributed by atoms with van der Waals surface area (Å²) in [5.41, 5.74) is -0.503. The molecule has 3 atom stereocenters. The Balaban J connectivity index is 1.91. The van der Waals surface area contributed by atoms with Gasteiger partial charge in [-0.15, -0.1) is 0 Å². The fourth-order valence-corrected chi connectivity index (χ4v) is 3.23. The van der Waals surface area contributed by atoms with Crippen molar-refractivity contribution in [3.8, 4) is 0 Å². The standard InChI is InChI=1S/C18H30N2O5/c1-5-10-20(11-16(22)25-18(2,3)4)12-6-7-13(12)24-14-8-9-15(21)19-17(14)23/h12-14H,5-11H2,1-4H3,(H,19,21,23)/t12?,13-,14?/m1/s1. The van der Waals surface area contributed by atoms with E-state index in [0.29, 0.717) is 12.8 Å². The summed E-state index contributed by atoms with van der Waals surface area (Å²) < 4.78 is 11.4. The normalized spacial score (nSPS) is 27.0. The summed E-state index contributed by atoms with van der Waals surface area (Å²) in [6.45, 7) is 8.63. The molecule has 1 aliphatic carbocycles. The predicted octanol–water partition coefficient (Wildman–Crippen LogP) is 1.39. The maximum absolute atomic E-state index is 12.2. The summed E-state index contributed by atoms with van der Waals surface area (Å²) in [6, 6.07) is 0.109. The van der Waals surface area contributed by atoms with Crippen molar-refractivity contribution in [2.24, 2.45) is 0 Å². The van der Waals surface area contributed by atoms with E-state index in [1.165, 1.54) is 0 Å². The lowest BCUT2D eigenvalue weighted by Crippen LogP contribution is -2.56. The van der Waals surface area contributed by atoms with Crippen molar-refractivity contribution in [1.29, 1.82) is 0 Å². The molecule has 1 aliphatic heterocycles. The summed E-state index contributed by atoms with van der Waals surface area (Å²) in [6.07, 6.45) is 2.79.